The van der Waals surface area contributed by atoms with Crippen molar-refractivity contribution in [3.05, 3.63) is 53.9 Å². The molecule has 1 saturated carbocycles. The van der Waals surface area contributed by atoms with Gasteiger partial charge in [0.15, 0.2) is 0 Å². The van der Waals surface area contributed by atoms with Gasteiger partial charge >= 0.3 is 0 Å². The topological polar surface area (TPSA) is 53.5 Å². The summed E-state index contributed by atoms with van der Waals surface area (Å²) < 4.78 is 0. The average molecular weight is 335 g/mol. The molecule has 5 nitrogen and oxygen atoms in total. The van der Waals surface area contributed by atoms with Gasteiger partial charge in [0.1, 0.15) is 0 Å². The lowest BCUT2D eigenvalue weighted by Crippen LogP contribution is -2.32. The van der Waals surface area contributed by atoms with Crippen LogP contribution in [0.2, 0.25) is 0 Å². The quantitative estimate of drug-likeness (QED) is 0.847. The highest BCUT2D eigenvalue weighted by Gasteiger charge is 2.36. The molecule has 1 aliphatic carbocycles. The van der Waals surface area contributed by atoms with Gasteiger partial charge in [-0.05, 0) is 50.5 Å². The van der Waals surface area contributed by atoms with Gasteiger partial charge < -0.3 is 9.80 Å². The molecule has 4 rings (SSSR count). The molecular weight excluding hydrogens is 314 g/mol. The van der Waals surface area contributed by atoms with Gasteiger partial charge in [0.2, 0.25) is 5.91 Å². The van der Waals surface area contributed by atoms with E-state index in [4.69, 9.17) is 0 Å². The summed E-state index contributed by atoms with van der Waals surface area (Å²) in [6, 6.07) is 11.4. The lowest BCUT2D eigenvalue weighted by atomic mass is 10.2. The number of carbonyl (C=O) groups is 2. The van der Waals surface area contributed by atoms with Crippen molar-refractivity contribution in [2.75, 3.05) is 22.9 Å². The second-order valence-electron chi connectivity index (χ2n) is 6.75. The number of hydrogen-bond acceptors (Lipinski definition) is 3. The standard InChI is InChI=1S/C20H21N3O2/c1-14-7-8-16(13-21-14)20(25)23-12-4-11-22(19(24)15-9-10-15)17-5-2-3-6-18(17)23/h2-3,5-8,13,15H,4,9-12H2,1H3. The predicted molar refractivity (Wildman–Crippen MR) is 96.8 cm³/mol. The zero-order valence-electron chi connectivity index (χ0n) is 14.3. The summed E-state index contributed by atoms with van der Waals surface area (Å²) in [5, 5.41) is 0. The van der Waals surface area contributed by atoms with Crippen molar-refractivity contribution in [3.8, 4) is 0 Å². The highest BCUT2D eigenvalue weighted by Crippen LogP contribution is 2.38. The van der Waals surface area contributed by atoms with E-state index in [2.05, 4.69) is 4.98 Å². The number of pyridine rings is 1. The maximum Gasteiger partial charge on any atom is 0.259 e. The Bertz CT molecular complexity index is 812. The maximum absolute atomic E-state index is 13.0. The van der Waals surface area contributed by atoms with Crippen molar-refractivity contribution in [1.82, 2.24) is 4.98 Å². The highest BCUT2D eigenvalue weighted by atomic mass is 16.2. The third kappa shape index (κ3) is 3.02. The first-order valence-electron chi connectivity index (χ1n) is 8.80. The van der Waals surface area contributed by atoms with Crippen molar-refractivity contribution in [3.63, 3.8) is 0 Å². The SMILES string of the molecule is Cc1ccc(C(=O)N2CCCN(C(=O)C3CC3)c3ccccc32)cn1. The Balaban J connectivity index is 1.70. The van der Waals surface area contributed by atoms with E-state index >= 15 is 0 Å². The van der Waals surface area contributed by atoms with Crippen LogP contribution in [0.25, 0.3) is 0 Å². The Labute approximate surface area is 147 Å². The molecule has 2 amide bonds. The van der Waals surface area contributed by atoms with Gasteiger partial charge in [-0.2, -0.15) is 0 Å². The number of aryl methyl sites for hydroxylation is 1. The van der Waals surface area contributed by atoms with E-state index in [9.17, 15) is 9.59 Å². The molecule has 0 unspecified atom stereocenters. The summed E-state index contributed by atoms with van der Waals surface area (Å²) >= 11 is 0. The fourth-order valence-electron chi connectivity index (χ4n) is 3.29. The molecule has 2 heterocycles. The predicted octanol–water partition coefficient (Wildman–Crippen LogP) is 3.18. The summed E-state index contributed by atoms with van der Waals surface area (Å²) in [6.45, 7) is 3.15. The Hall–Kier alpha value is -2.69. The van der Waals surface area contributed by atoms with Crippen molar-refractivity contribution in [1.29, 1.82) is 0 Å². The smallest absolute Gasteiger partial charge is 0.259 e. The molecule has 25 heavy (non-hydrogen) atoms. The van der Waals surface area contributed by atoms with Gasteiger partial charge in [0, 0.05) is 30.9 Å². The van der Waals surface area contributed by atoms with E-state index in [1.807, 2.05) is 48.2 Å². The number of para-hydroxylation sites is 2. The summed E-state index contributed by atoms with van der Waals surface area (Å²) in [4.78, 5) is 33.6. The van der Waals surface area contributed by atoms with Gasteiger partial charge in [-0.1, -0.05) is 12.1 Å². The molecule has 0 spiro atoms. The number of anilines is 2. The van der Waals surface area contributed by atoms with E-state index in [-0.39, 0.29) is 17.7 Å². The van der Waals surface area contributed by atoms with Crippen LogP contribution in [0, 0.1) is 12.8 Å². The summed E-state index contributed by atoms with van der Waals surface area (Å²) in [5.74, 6) is 0.288. The van der Waals surface area contributed by atoms with Gasteiger partial charge in [-0.3, -0.25) is 14.6 Å². The zero-order chi connectivity index (χ0) is 17.4. The minimum atomic E-state index is -0.0688. The molecule has 0 radical (unpaired) electrons. The lowest BCUT2D eigenvalue weighted by molar-refractivity contribution is -0.119. The Kier molecular flexibility index (Phi) is 3.99. The van der Waals surface area contributed by atoms with Crippen LogP contribution in [-0.2, 0) is 4.79 Å². The van der Waals surface area contributed by atoms with Crippen LogP contribution in [0.1, 0.15) is 35.3 Å². The molecule has 0 bridgehead atoms. The number of benzene rings is 1. The van der Waals surface area contributed by atoms with Crippen LogP contribution in [0.15, 0.2) is 42.6 Å². The van der Waals surface area contributed by atoms with E-state index in [0.717, 1.165) is 36.3 Å². The van der Waals surface area contributed by atoms with Crippen molar-refractivity contribution in [2.24, 2.45) is 5.92 Å². The van der Waals surface area contributed by atoms with Crippen LogP contribution < -0.4 is 9.80 Å². The van der Waals surface area contributed by atoms with Crippen molar-refractivity contribution in [2.45, 2.75) is 26.2 Å². The summed E-state index contributed by atoms with van der Waals surface area (Å²) in [5.41, 5.74) is 3.10. The second kappa shape index (κ2) is 6.31. The minimum absolute atomic E-state index is 0.0688. The summed E-state index contributed by atoms with van der Waals surface area (Å²) in [6.07, 6.45) is 4.35. The molecule has 1 aromatic heterocycles. The van der Waals surface area contributed by atoms with Gasteiger partial charge in [0.25, 0.3) is 5.91 Å². The largest absolute Gasteiger partial charge is 0.310 e. The first-order valence-corrected chi connectivity index (χ1v) is 8.80. The Morgan fingerprint density at radius 2 is 1.68 bits per heavy atom. The number of hydrogen-bond donors (Lipinski definition) is 0. The maximum atomic E-state index is 13.0. The van der Waals surface area contributed by atoms with E-state index in [1.54, 1.807) is 11.1 Å². The molecule has 2 aromatic rings. The molecule has 5 heteroatoms. The third-order valence-electron chi connectivity index (χ3n) is 4.82. The monoisotopic (exact) mass is 335 g/mol. The third-order valence-corrected chi connectivity index (χ3v) is 4.82. The second-order valence-corrected chi connectivity index (χ2v) is 6.75. The van der Waals surface area contributed by atoms with Gasteiger partial charge in [-0.15, -0.1) is 0 Å². The zero-order valence-corrected chi connectivity index (χ0v) is 14.3. The fourth-order valence-corrected chi connectivity index (χ4v) is 3.29. The van der Waals surface area contributed by atoms with Crippen molar-refractivity contribution < 1.29 is 9.59 Å². The molecule has 1 aliphatic heterocycles. The van der Waals surface area contributed by atoms with Crippen LogP contribution in [0.3, 0.4) is 0 Å². The van der Waals surface area contributed by atoms with Gasteiger partial charge in [0.05, 0.1) is 16.9 Å². The summed E-state index contributed by atoms with van der Waals surface area (Å²) in [7, 11) is 0. The van der Waals surface area contributed by atoms with Crippen LogP contribution in [0.5, 0.6) is 0 Å². The fraction of sp³-hybridized carbons (Fsp3) is 0.350. The molecule has 0 atom stereocenters. The molecule has 1 fully saturated rings. The van der Waals surface area contributed by atoms with Crippen LogP contribution in [-0.4, -0.2) is 29.9 Å². The van der Waals surface area contributed by atoms with Crippen LogP contribution in [0.4, 0.5) is 11.4 Å². The number of fused-ring (bicyclic) bond motifs is 1. The number of nitrogens with zero attached hydrogens (tertiary/aromatic N) is 3. The van der Waals surface area contributed by atoms with E-state index in [1.165, 1.54) is 0 Å². The molecule has 0 N–H and O–H groups in total. The number of rotatable bonds is 2. The number of amides is 2. The lowest BCUT2D eigenvalue weighted by Gasteiger charge is -2.25. The van der Waals surface area contributed by atoms with Crippen LogP contribution >= 0.6 is 0 Å². The number of aromatic nitrogens is 1. The molecule has 128 valence electrons. The highest BCUT2D eigenvalue weighted by molar-refractivity contribution is 6.10. The van der Waals surface area contributed by atoms with E-state index in [0.29, 0.717) is 18.7 Å². The van der Waals surface area contributed by atoms with Crippen molar-refractivity contribution >= 4 is 23.2 Å². The Morgan fingerprint density at radius 1 is 1.00 bits per heavy atom. The Morgan fingerprint density at radius 3 is 2.32 bits per heavy atom. The first kappa shape index (κ1) is 15.8. The number of carbonyl (C=O) groups excluding carboxylic acids is 2. The minimum Gasteiger partial charge on any atom is -0.310 e. The molecule has 2 aliphatic rings. The van der Waals surface area contributed by atoms with Gasteiger partial charge in [-0.25, -0.2) is 0 Å². The first-order chi connectivity index (χ1) is 12.1. The van der Waals surface area contributed by atoms with E-state index < -0.39 is 0 Å². The molecule has 0 saturated heterocycles. The molecular formula is C20H21N3O2. The molecule has 1 aromatic carbocycles. The normalized spacial score (nSPS) is 17.0. The average Bonchev–Trinajstić information content (AvgIpc) is 3.48.